The first-order valence-corrected chi connectivity index (χ1v) is 35.6. The molecule has 3 nitrogen and oxygen atoms in total. The molecule has 0 saturated carbocycles. The van der Waals surface area contributed by atoms with Crippen molar-refractivity contribution < 1.29 is 12.3 Å². The Bertz CT molecular complexity index is 775. The van der Waals surface area contributed by atoms with Gasteiger partial charge >= 0.3 is 8.80 Å². The second kappa shape index (κ2) is 8.54. The summed E-state index contributed by atoms with van der Waals surface area (Å²) in [6, 6.07) is 10.5. The number of benzene rings is 1. The fourth-order valence-corrected chi connectivity index (χ4v) is 152. The summed E-state index contributed by atoms with van der Waals surface area (Å²) in [5, 5.41) is 0. The molecule has 176 valence electrons. The topological polar surface area (TPSA) is 27.7 Å². The van der Waals surface area contributed by atoms with Crippen LogP contribution in [0.15, 0.2) is 36.0 Å². The minimum Gasteiger partial charge on any atom is -0.419 e. The van der Waals surface area contributed by atoms with Crippen LogP contribution in [0, 0.1) is 0 Å². The van der Waals surface area contributed by atoms with E-state index >= 15 is 0 Å². The van der Waals surface area contributed by atoms with Crippen molar-refractivity contribution in [2.45, 2.75) is 85.1 Å². The fourth-order valence-electron chi connectivity index (χ4n) is 5.01. The first kappa shape index (κ1) is 27.6. The van der Waals surface area contributed by atoms with E-state index in [-0.39, 0.29) is 0 Å². The van der Waals surface area contributed by atoms with Gasteiger partial charge in [0.2, 0.25) is 0 Å². The molecule has 1 aromatic rings. The quantitative estimate of drug-likeness (QED) is 0.333. The zero-order chi connectivity index (χ0) is 24.1. The molecule has 1 aliphatic rings. The minimum absolute atomic E-state index is 1.18. The van der Waals surface area contributed by atoms with Crippen molar-refractivity contribution in [3.63, 3.8) is 0 Å². The Morgan fingerprint density at radius 2 is 1.06 bits per heavy atom. The van der Waals surface area contributed by atoms with E-state index in [1.807, 2.05) is 0 Å². The zero-order valence-electron chi connectivity index (χ0n) is 22.3. The summed E-state index contributed by atoms with van der Waals surface area (Å²) in [6.45, 7) is 32.1. The van der Waals surface area contributed by atoms with Crippen molar-refractivity contribution in [1.82, 2.24) is 0 Å². The molecule has 2 rings (SSSR count). The first-order chi connectivity index (χ1) is 13.7. The van der Waals surface area contributed by atoms with Gasteiger partial charge in [-0.05, 0) is 50.5 Å². The van der Waals surface area contributed by atoms with Gasteiger partial charge in [-0.15, -0.1) is 0 Å². The molecule has 0 unspecified atom stereocenters. The largest absolute Gasteiger partial charge is 0.497 e. The number of hydrogen-bond acceptors (Lipinski definition) is 3. The second-order valence-electron chi connectivity index (χ2n) is 12.8. The van der Waals surface area contributed by atoms with Gasteiger partial charge in [-0.25, -0.2) is 0 Å². The molecule has 0 aromatic heterocycles. The molecule has 0 atom stereocenters. The Morgan fingerprint density at radius 3 is 1.45 bits per heavy atom. The van der Waals surface area contributed by atoms with Crippen LogP contribution in [0.2, 0.25) is 85.1 Å². The van der Waals surface area contributed by atoms with Gasteiger partial charge in [-0.3, -0.25) is 0 Å². The van der Waals surface area contributed by atoms with Gasteiger partial charge in [0.1, 0.15) is 0 Å². The number of hydrogen-bond donors (Lipinski definition) is 0. The van der Waals surface area contributed by atoms with Crippen LogP contribution < -0.4 is 0 Å². The van der Waals surface area contributed by atoms with Gasteiger partial charge in [0, 0.05) is 7.11 Å². The molecule has 10 heteroatoms. The van der Waals surface area contributed by atoms with Crippen LogP contribution in [-0.4, -0.2) is 54.1 Å². The molecule has 0 N–H and O–H groups in total. The highest BCUT2D eigenvalue weighted by molar-refractivity contribution is 8.12. The summed E-state index contributed by atoms with van der Waals surface area (Å²) in [5.74, 6) is 0. The first-order valence-electron chi connectivity index (χ1n) is 11.5. The van der Waals surface area contributed by atoms with E-state index in [0.717, 1.165) is 0 Å². The Hall–Kier alpha value is 0.358. The predicted octanol–water partition coefficient (Wildman–Crippen LogP) is 6.93. The van der Waals surface area contributed by atoms with Crippen molar-refractivity contribution in [2.24, 2.45) is 0 Å². The SMILES string of the molecule is C[Si](C)(C)O[Si](C=Cc1ccccc1)(O[Si](C)(C)C)O[Si]1(C)[Si](C)(C)[Si](C)(C)[Si]1(C)C. The summed E-state index contributed by atoms with van der Waals surface area (Å²) in [4.78, 5) is 0. The minimum atomic E-state index is -3.00. The molecule has 0 spiro atoms. The molecule has 1 aromatic carbocycles. The van der Waals surface area contributed by atoms with Gasteiger partial charge in [-0.2, -0.15) is 0 Å². The Morgan fingerprint density at radius 1 is 0.645 bits per heavy atom. The summed E-state index contributed by atoms with van der Waals surface area (Å²) in [7, 11) is -12.8. The molecule has 1 saturated heterocycles. The highest BCUT2D eigenvalue weighted by Crippen LogP contribution is 2.53. The van der Waals surface area contributed by atoms with E-state index in [4.69, 9.17) is 12.3 Å². The van der Waals surface area contributed by atoms with E-state index < -0.39 is 54.1 Å². The summed E-state index contributed by atoms with van der Waals surface area (Å²) in [5.41, 5.74) is 3.43. The molecule has 0 amide bonds. The van der Waals surface area contributed by atoms with Gasteiger partial charge in [0.05, 0.1) is 14.2 Å². The average molecular weight is 543 g/mol. The van der Waals surface area contributed by atoms with Gasteiger partial charge in [-0.1, -0.05) is 82.2 Å². The van der Waals surface area contributed by atoms with E-state index in [1.165, 1.54) is 5.56 Å². The highest BCUT2D eigenvalue weighted by Gasteiger charge is 2.81. The third kappa shape index (κ3) is 5.22. The standard InChI is InChI=1S/C21H46O3Si7/c1-25(2,3)22-31(23-26(4,5)6,20-19-21-17-15-14-16-18-21)24-30(13)28(9,10)27(7,8)29(30,11)12/h14-20H,1-13H3. The van der Waals surface area contributed by atoms with Crippen molar-refractivity contribution in [2.75, 3.05) is 0 Å². The smallest absolute Gasteiger partial charge is 0.419 e. The summed E-state index contributed by atoms with van der Waals surface area (Å²) in [6.07, 6.45) is 2.20. The summed E-state index contributed by atoms with van der Waals surface area (Å²) >= 11 is 0. The Labute approximate surface area is 198 Å². The van der Waals surface area contributed by atoms with Crippen molar-refractivity contribution in [1.29, 1.82) is 0 Å². The normalized spacial score (nSPS) is 22.4. The number of rotatable bonds is 8. The lowest BCUT2D eigenvalue weighted by Gasteiger charge is -2.73. The molecule has 1 aliphatic heterocycles. The third-order valence-electron chi connectivity index (χ3n) is 8.03. The highest BCUT2D eigenvalue weighted by atomic mass is 30.2. The lowest BCUT2D eigenvalue weighted by atomic mass is 10.2. The maximum Gasteiger partial charge on any atom is 0.497 e. The summed E-state index contributed by atoms with van der Waals surface area (Å²) < 4.78 is 21.6. The van der Waals surface area contributed by atoms with E-state index in [0.29, 0.717) is 0 Å². The third-order valence-corrected chi connectivity index (χ3v) is 116. The van der Waals surface area contributed by atoms with Crippen molar-refractivity contribution in [3.8, 4) is 0 Å². The molecule has 1 fully saturated rings. The molecule has 31 heavy (non-hydrogen) atoms. The zero-order valence-corrected chi connectivity index (χ0v) is 29.3. The van der Waals surface area contributed by atoms with Crippen LogP contribution in [0.1, 0.15) is 5.56 Å². The molecule has 0 bridgehead atoms. The monoisotopic (exact) mass is 542 g/mol. The maximum atomic E-state index is 7.58. The van der Waals surface area contributed by atoms with E-state index in [1.54, 1.807) is 0 Å². The Balaban J connectivity index is 2.63. The van der Waals surface area contributed by atoms with Crippen molar-refractivity contribution >= 4 is 60.2 Å². The Kier molecular flexibility index (Phi) is 7.60. The van der Waals surface area contributed by atoms with Gasteiger partial charge in [0.25, 0.3) is 0 Å². The maximum absolute atomic E-state index is 7.58. The lowest BCUT2D eigenvalue weighted by molar-refractivity contribution is 0.276. The predicted molar refractivity (Wildman–Crippen MR) is 155 cm³/mol. The van der Waals surface area contributed by atoms with Crippen LogP contribution in [0.4, 0.5) is 0 Å². The van der Waals surface area contributed by atoms with Crippen LogP contribution >= 0.6 is 0 Å². The van der Waals surface area contributed by atoms with Crippen LogP contribution in [0.5, 0.6) is 0 Å². The lowest BCUT2D eigenvalue weighted by Crippen LogP contribution is -3.03. The molecule has 1 heterocycles. The molecular weight excluding hydrogens is 497 g/mol. The van der Waals surface area contributed by atoms with Gasteiger partial charge < -0.3 is 12.3 Å². The van der Waals surface area contributed by atoms with Crippen LogP contribution in [0.25, 0.3) is 6.08 Å². The molecular formula is C21H46O3Si7. The van der Waals surface area contributed by atoms with E-state index in [9.17, 15) is 0 Å². The van der Waals surface area contributed by atoms with Crippen LogP contribution in [-0.2, 0) is 12.3 Å². The van der Waals surface area contributed by atoms with Crippen LogP contribution in [0.3, 0.4) is 0 Å². The van der Waals surface area contributed by atoms with E-state index in [2.05, 4.69) is 127 Å². The van der Waals surface area contributed by atoms with Gasteiger partial charge in [0.15, 0.2) is 24.0 Å². The molecule has 0 radical (unpaired) electrons. The average Bonchev–Trinajstić information content (AvgIpc) is 2.56. The molecule has 0 aliphatic carbocycles. The fraction of sp³-hybridized carbons (Fsp3) is 0.619. The second-order valence-corrected chi connectivity index (χ2v) is 71.3. The van der Waals surface area contributed by atoms with Crippen molar-refractivity contribution in [3.05, 3.63) is 41.6 Å².